The van der Waals surface area contributed by atoms with Crippen LogP contribution in [-0.4, -0.2) is 31.8 Å². The maximum absolute atomic E-state index is 13.7. The van der Waals surface area contributed by atoms with E-state index in [1.165, 1.54) is 9.47 Å². The summed E-state index contributed by atoms with van der Waals surface area (Å²) in [5.74, 6) is -0.523. The highest BCUT2D eigenvalue weighted by Crippen LogP contribution is 2.26. The number of nitrogens with zero attached hydrogens (tertiary/aromatic N) is 4. The third kappa shape index (κ3) is 5.03. The van der Waals surface area contributed by atoms with E-state index in [1.807, 2.05) is 44.2 Å². The third-order valence-corrected chi connectivity index (χ3v) is 5.75. The van der Waals surface area contributed by atoms with E-state index in [0.29, 0.717) is 31.6 Å². The normalized spacial score (nSPS) is 11.0. The number of benzene rings is 1. The summed E-state index contributed by atoms with van der Waals surface area (Å²) in [5.41, 5.74) is 6.51. The van der Waals surface area contributed by atoms with Crippen LogP contribution < -0.4 is 21.9 Å². The molecule has 176 valence electrons. The number of unbranched alkanes of at least 4 members (excludes halogenated alkanes) is 1. The first-order valence-corrected chi connectivity index (χ1v) is 11.4. The number of halogens is 1. The number of nitrogens with one attached hydrogen (secondary N) is 1. The molecule has 0 saturated carbocycles. The number of anilines is 2. The van der Waals surface area contributed by atoms with Crippen molar-refractivity contribution in [3.63, 3.8) is 0 Å². The van der Waals surface area contributed by atoms with Crippen molar-refractivity contribution in [1.82, 2.24) is 19.3 Å². The van der Waals surface area contributed by atoms with Gasteiger partial charge in [-0.1, -0.05) is 62.2 Å². The van der Waals surface area contributed by atoms with E-state index >= 15 is 0 Å². The van der Waals surface area contributed by atoms with Gasteiger partial charge in [-0.05, 0) is 25.3 Å². The lowest BCUT2D eigenvalue weighted by Crippen LogP contribution is -2.41. The molecule has 10 heteroatoms. The van der Waals surface area contributed by atoms with Gasteiger partial charge in [-0.15, -0.1) is 0 Å². The molecular formula is C23H29ClN6O3. The number of aromatic amines is 1. The molecule has 2 aromatic heterocycles. The van der Waals surface area contributed by atoms with Gasteiger partial charge in [0.15, 0.2) is 5.69 Å². The summed E-state index contributed by atoms with van der Waals surface area (Å²) in [6.45, 7) is 6.52. The van der Waals surface area contributed by atoms with Crippen molar-refractivity contribution in [2.24, 2.45) is 0 Å². The monoisotopic (exact) mass is 472 g/mol. The number of hydrogen-bond acceptors (Lipinski definition) is 5. The van der Waals surface area contributed by atoms with Gasteiger partial charge >= 0.3 is 5.69 Å². The number of carbonyl (C=O) groups is 1. The molecule has 1 aromatic carbocycles. The molecule has 0 bridgehead atoms. The van der Waals surface area contributed by atoms with Crippen LogP contribution in [0, 0.1) is 6.92 Å². The second kappa shape index (κ2) is 10.5. The van der Waals surface area contributed by atoms with Crippen LogP contribution in [0.5, 0.6) is 0 Å². The van der Waals surface area contributed by atoms with Gasteiger partial charge in [-0.25, -0.2) is 9.48 Å². The summed E-state index contributed by atoms with van der Waals surface area (Å²) in [6.07, 6.45) is 2.05. The standard InChI is InChI=1S/C23H29ClN6O3/c1-4-6-13-28(18-20(25)29(12-5-2)23(33)26-21(18)31)22(32)17-15(3)27-30(19(17)24)14-16-10-8-7-9-11-16/h7-11H,4-6,12-14,25H2,1-3H3,(H,26,31,33). The number of H-pyrrole nitrogens is 1. The van der Waals surface area contributed by atoms with Gasteiger partial charge in [0.2, 0.25) is 0 Å². The Hall–Kier alpha value is -3.33. The topological polar surface area (TPSA) is 119 Å². The lowest BCUT2D eigenvalue weighted by atomic mass is 10.2. The highest BCUT2D eigenvalue weighted by molar-refractivity contribution is 6.34. The molecule has 2 heterocycles. The first-order valence-electron chi connectivity index (χ1n) is 11.0. The molecule has 1 amide bonds. The Morgan fingerprint density at radius 2 is 1.88 bits per heavy atom. The number of rotatable bonds is 9. The van der Waals surface area contributed by atoms with Gasteiger partial charge in [0.25, 0.3) is 11.5 Å². The zero-order chi connectivity index (χ0) is 24.1. The predicted octanol–water partition coefficient (Wildman–Crippen LogP) is 3.18. The molecule has 0 saturated heterocycles. The number of nitrogens with two attached hydrogens (primary N) is 1. The van der Waals surface area contributed by atoms with Gasteiger partial charge in [0, 0.05) is 13.1 Å². The summed E-state index contributed by atoms with van der Waals surface area (Å²) in [4.78, 5) is 42.3. The molecule has 3 aromatic rings. The summed E-state index contributed by atoms with van der Waals surface area (Å²) in [7, 11) is 0. The van der Waals surface area contributed by atoms with Gasteiger partial charge in [-0.3, -0.25) is 19.1 Å². The van der Waals surface area contributed by atoms with E-state index in [9.17, 15) is 14.4 Å². The minimum Gasteiger partial charge on any atom is -0.383 e. The molecule has 3 N–H and O–H groups in total. The molecule has 0 aliphatic heterocycles. The summed E-state index contributed by atoms with van der Waals surface area (Å²) in [6, 6.07) is 9.63. The summed E-state index contributed by atoms with van der Waals surface area (Å²) >= 11 is 6.61. The maximum atomic E-state index is 13.7. The Balaban J connectivity index is 2.09. The van der Waals surface area contributed by atoms with Crippen LogP contribution in [0.15, 0.2) is 39.9 Å². The van der Waals surface area contributed by atoms with Crippen molar-refractivity contribution in [3.05, 3.63) is 73.1 Å². The van der Waals surface area contributed by atoms with Crippen molar-refractivity contribution < 1.29 is 4.79 Å². The molecule has 9 nitrogen and oxygen atoms in total. The van der Waals surface area contributed by atoms with E-state index in [2.05, 4.69) is 10.1 Å². The second-order valence-electron chi connectivity index (χ2n) is 7.85. The summed E-state index contributed by atoms with van der Waals surface area (Å²) in [5, 5.41) is 4.63. The summed E-state index contributed by atoms with van der Waals surface area (Å²) < 4.78 is 2.83. The fraction of sp³-hybridized carbons (Fsp3) is 0.391. The van der Waals surface area contributed by atoms with Crippen molar-refractivity contribution in [1.29, 1.82) is 0 Å². The lowest BCUT2D eigenvalue weighted by Gasteiger charge is -2.24. The zero-order valence-electron chi connectivity index (χ0n) is 19.1. The van der Waals surface area contributed by atoms with Crippen LogP contribution in [0.1, 0.15) is 54.7 Å². The van der Waals surface area contributed by atoms with Crippen LogP contribution >= 0.6 is 11.6 Å². The third-order valence-electron chi connectivity index (χ3n) is 5.37. The zero-order valence-corrected chi connectivity index (χ0v) is 19.9. The quantitative estimate of drug-likeness (QED) is 0.495. The van der Waals surface area contributed by atoms with Gasteiger partial charge in [0.05, 0.1) is 17.8 Å². The smallest absolute Gasteiger partial charge is 0.330 e. The van der Waals surface area contributed by atoms with Crippen LogP contribution in [0.4, 0.5) is 11.5 Å². The fourth-order valence-electron chi connectivity index (χ4n) is 3.71. The Morgan fingerprint density at radius 3 is 2.52 bits per heavy atom. The number of carbonyl (C=O) groups excluding carboxylic acids is 1. The van der Waals surface area contributed by atoms with Gasteiger partial charge < -0.3 is 10.6 Å². The van der Waals surface area contributed by atoms with Gasteiger partial charge in [0.1, 0.15) is 11.0 Å². The highest BCUT2D eigenvalue weighted by atomic mass is 35.5. The molecule has 0 aliphatic carbocycles. The first-order chi connectivity index (χ1) is 15.8. The number of nitrogen functional groups attached to an aromatic ring is 1. The Labute approximate surface area is 196 Å². The first kappa shape index (κ1) is 24.3. The van der Waals surface area contributed by atoms with Crippen molar-refractivity contribution in [3.8, 4) is 0 Å². The highest BCUT2D eigenvalue weighted by Gasteiger charge is 2.29. The SMILES string of the molecule is CCCCN(C(=O)c1c(C)nn(Cc2ccccc2)c1Cl)c1c(N)n(CCC)c(=O)[nH]c1=O. The Kier molecular flexibility index (Phi) is 7.75. The van der Waals surface area contributed by atoms with E-state index in [-0.39, 0.29) is 28.8 Å². The molecule has 0 unspecified atom stereocenters. The number of hydrogen-bond donors (Lipinski definition) is 2. The molecule has 0 radical (unpaired) electrons. The molecule has 33 heavy (non-hydrogen) atoms. The van der Waals surface area contributed by atoms with Gasteiger partial charge in [-0.2, -0.15) is 5.10 Å². The molecule has 0 fully saturated rings. The minimum atomic E-state index is -0.709. The average Bonchev–Trinajstić information content (AvgIpc) is 3.06. The van der Waals surface area contributed by atoms with E-state index in [1.54, 1.807) is 11.6 Å². The van der Waals surface area contributed by atoms with Crippen molar-refractivity contribution in [2.45, 2.75) is 53.1 Å². The van der Waals surface area contributed by atoms with E-state index in [0.717, 1.165) is 12.0 Å². The van der Waals surface area contributed by atoms with Crippen LogP contribution in [0.3, 0.4) is 0 Å². The van der Waals surface area contributed by atoms with Crippen LogP contribution in [-0.2, 0) is 13.1 Å². The van der Waals surface area contributed by atoms with Crippen molar-refractivity contribution in [2.75, 3.05) is 17.2 Å². The molecule has 3 rings (SSSR count). The maximum Gasteiger partial charge on any atom is 0.330 e. The minimum absolute atomic E-state index is 0.0412. The van der Waals surface area contributed by atoms with Crippen LogP contribution in [0.2, 0.25) is 5.15 Å². The predicted molar refractivity (Wildman–Crippen MR) is 130 cm³/mol. The fourth-order valence-corrected chi connectivity index (χ4v) is 4.02. The molecular weight excluding hydrogens is 444 g/mol. The van der Waals surface area contributed by atoms with Crippen molar-refractivity contribution >= 4 is 29.0 Å². The lowest BCUT2D eigenvalue weighted by molar-refractivity contribution is 0.0985. The number of amides is 1. The average molecular weight is 473 g/mol. The molecule has 0 spiro atoms. The number of aromatic nitrogens is 4. The number of aryl methyl sites for hydroxylation is 1. The molecule has 0 aliphatic rings. The Morgan fingerprint density at radius 1 is 1.18 bits per heavy atom. The van der Waals surface area contributed by atoms with E-state index < -0.39 is 17.2 Å². The second-order valence-corrected chi connectivity index (χ2v) is 8.21. The Bertz CT molecular complexity index is 1250. The van der Waals surface area contributed by atoms with Crippen LogP contribution in [0.25, 0.3) is 0 Å². The van der Waals surface area contributed by atoms with E-state index in [4.69, 9.17) is 17.3 Å². The molecule has 0 atom stereocenters. The largest absolute Gasteiger partial charge is 0.383 e.